The van der Waals surface area contributed by atoms with E-state index in [4.69, 9.17) is 10.5 Å². The van der Waals surface area contributed by atoms with Crippen molar-refractivity contribution in [1.29, 1.82) is 0 Å². The molecule has 0 aliphatic carbocycles. The van der Waals surface area contributed by atoms with Crippen LogP contribution in [0, 0.1) is 0 Å². The van der Waals surface area contributed by atoms with Crippen LogP contribution in [0.5, 0.6) is 0 Å². The third-order valence-corrected chi connectivity index (χ3v) is 2.66. The second-order valence-corrected chi connectivity index (χ2v) is 3.99. The lowest BCUT2D eigenvalue weighted by atomic mass is 10.0. The van der Waals surface area contributed by atoms with Crippen molar-refractivity contribution >= 4 is 0 Å². The van der Waals surface area contributed by atoms with Gasteiger partial charge in [0.05, 0.1) is 6.61 Å². The number of rotatable bonds is 6. The van der Waals surface area contributed by atoms with Gasteiger partial charge in [0, 0.05) is 25.2 Å². The van der Waals surface area contributed by atoms with E-state index in [-0.39, 0.29) is 0 Å². The number of nitrogens with zero attached hydrogens (tertiary/aromatic N) is 1. The fourth-order valence-corrected chi connectivity index (χ4v) is 1.72. The maximum absolute atomic E-state index is 5.54. The van der Waals surface area contributed by atoms with Crippen LogP contribution in [0.25, 0.3) is 0 Å². The number of nitrogens with two attached hydrogens (primary N) is 1. The Balaban J connectivity index is 2.02. The first-order valence-corrected chi connectivity index (χ1v) is 5.29. The lowest BCUT2D eigenvalue weighted by molar-refractivity contribution is -0.0128. The van der Waals surface area contributed by atoms with Crippen molar-refractivity contribution in [3.63, 3.8) is 0 Å². The molecule has 0 bridgehead atoms. The first kappa shape index (κ1) is 11.0. The van der Waals surface area contributed by atoms with Crippen LogP contribution in [-0.4, -0.2) is 43.3 Å². The van der Waals surface area contributed by atoms with E-state index in [2.05, 4.69) is 18.7 Å². The molecule has 1 aliphatic heterocycles. The van der Waals surface area contributed by atoms with Gasteiger partial charge in [0.25, 0.3) is 0 Å². The predicted molar refractivity (Wildman–Crippen MR) is 54.7 cm³/mol. The van der Waals surface area contributed by atoms with Gasteiger partial charge in [-0.3, -0.25) is 4.90 Å². The molecule has 13 heavy (non-hydrogen) atoms. The van der Waals surface area contributed by atoms with Gasteiger partial charge < -0.3 is 10.5 Å². The summed E-state index contributed by atoms with van der Waals surface area (Å²) in [6.45, 7) is 8.16. The van der Waals surface area contributed by atoms with Crippen molar-refractivity contribution in [3.05, 3.63) is 0 Å². The maximum Gasteiger partial charge on any atom is 0.0622 e. The Bertz CT molecular complexity index is 139. The fraction of sp³-hybridized carbons (Fsp3) is 1.00. The molecule has 1 fully saturated rings. The molecule has 1 atom stereocenters. The molecule has 0 amide bonds. The Morgan fingerprint density at radius 2 is 2.31 bits per heavy atom. The summed E-state index contributed by atoms with van der Waals surface area (Å²) < 4.78 is 5.54. The Kier molecular flexibility index (Phi) is 4.70. The van der Waals surface area contributed by atoms with Crippen molar-refractivity contribution < 1.29 is 4.74 Å². The lowest BCUT2D eigenvalue weighted by Gasteiger charge is -2.43. The van der Waals surface area contributed by atoms with E-state index in [0.29, 0.717) is 12.1 Å². The van der Waals surface area contributed by atoms with E-state index in [1.807, 2.05) is 0 Å². The summed E-state index contributed by atoms with van der Waals surface area (Å²) in [7, 11) is 0. The highest BCUT2D eigenvalue weighted by Crippen LogP contribution is 2.20. The summed E-state index contributed by atoms with van der Waals surface area (Å²) in [5, 5.41) is 0. The Morgan fingerprint density at radius 3 is 2.77 bits per heavy atom. The van der Waals surface area contributed by atoms with Crippen molar-refractivity contribution in [2.75, 3.05) is 26.3 Å². The van der Waals surface area contributed by atoms with Gasteiger partial charge in [0.15, 0.2) is 0 Å². The molecule has 1 saturated heterocycles. The molecule has 1 aliphatic rings. The van der Waals surface area contributed by atoms with Crippen LogP contribution in [0.2, 0.25) is 0 Å². The topological polar surface area (TPSA) is 38.5 Å². The minimum atomic E-state index is 0.664. The van der Waals surface area contributed by atoms with Gasteiger partial charge in [0.1, 0.15) is 0 Å². The van der Waals surface area contributed by atoms with Crippen LogP contribution in [0.4, 0.5) is 0 Å². The highest BCUT2D eigenvalue weighted by molar-refractivity contribution is 4.84. The molecule has 3 nitrogen and oxygen atoms in total. The molecule has 1 heterocycles. The largest absolute Gasteiger partial charge is 0.380 e. The molecule has 0 radical (unpaired) electrons. The molecule has 0 saturated carbocycles. The molecule has 0 spiro atoms. The van der Waals surface area contributed by atoms with E-state index in [9.17, 15) is 0 Å². The van der Waals surface area contributed by atoms with Crippen LogP contribution in [0.1, 0.15) is 26.7 Å². The average molecular weight is 186 g/mol. The summed E-state index contributed by atoms with van der Waals surface area (Å²) in [4.78, 5) is 2.49. The Morgan fingerprint density at radius 1 is 1.54 bits per heavy atom. The van der Waals surface area contributed by atoms with Gasteiger partial charge in [-0.1, -0.05) is 0 Å². The molecule has 0 aromatic rings. The summed E-state index contributed by atoms with van der Waals surface area (Å²) in [5.41, 5.74) is 5.38. The zero-order valence-corrected chi connectivity index (χ0v) is 8.83. The first-order valence-electron chi connectivity index (χ1n) is 5.29. The van der Waals surface area contributed by atoms with Crippen LogP contribution in [-0.2, 0) is 4.74 Å². The Hall–Kier alpha value is -0.120. The summed E-state index contributed by atoms with van der Waals surface area (Å²) in [6.07, 6.45) is 2.27. The highest BCUT2D eigenvalue weighted by Gasteiger charge is 2.29. The minimum Gasteiger partial charge on any atom is -0.380 e. The van der Waals surface area contributed by atoms with Gasteiger partial charge in [-0.15, -0.1) is 0 Å². The smallest absolute Gasteiger partial charge is 0.0622 e. The predicted octanol–water partition coefficient (Wildman–Crippen LogP) is 0.835. The van der Waals surface area contributed by atoms with E-state index in [1.165, 1.54) is 13.0 Å². The van der Waals surface area contributed by atoms with Crippen LogP contribution in [0.15, 0.2) is 0 Å². The van der Waals surface area contributed by atoms with Gasteiger partial charge in [-0.2, -0.15) is 0 Å². The third-order valence-electron chi connectivity index (χ3n) is 2.66. The van der Waals surface area contributed by atoms with E-state index in [0.717, 1.165) is 26.2 Å². The Labute approximate surface area is 81.2 Å². The molecule has 78 valence electrons. The molecule has 1 unspecified atom stereocenters. The van der Waals surface area contributed by atoms with Crippen molar-refractivity contribution in [2.45, 2.75) is 38.8 Å². The monoisotopic (exact) mass is 186 g/mol. The first-order chi connectivity index (χ1) is 6.25. The molecular weight excluding hydrogens is 164 g/mol. The standard InChI is InChI=1S/C10H22N2O/c1-9(2)12-6-4-10(12)8-13-7-3-5-11/h9-10H,3-8,11H2,1-2H3. The van der Waals surface area contributed by atoms with Crippen LogP contribution >= 0.6 is 0 Å². The van der Waals surface area contributed by atoms with Gasteiger partial charge in [-0.05, 0) is 33.2 Å². The van der Waals surface area contributed by atoms with Gasteiger partial charge in [-0.25, -0.2) is 0 Å². The van der Waals surface area contributed by atoms with E-state index < -0.39 is 0 Å². The SMILES string of the molecule is CC(C)N1CCC1COCCCN. The van der Waals surface area contributed by atoms with Gasteiger partial charge >= 0.3 is 0 Å². The quantitative estimate of drug-likeness (QED) is 0.625. The van der Waals surface area contributed by atoms with Crippen LogP contribution in [0.3, 0.4) is 0 Å². The van der Waals surface area contributed by atoms with Crippen LogP contribution < -0.4 is 5.73 Å². The summed E-state index contributed by atoms with van der Waals surface area (Å²) in [5.74, 6) is 0. The highest BCUT2D eigenvalue weighted by atomic mass is 16.5. The molecule has 1 rings (SSSR count). The number of ether oxygens (including phenoxy) is 1. The zero-order chi connectivity index (χ0) is 9.68. The van der Waals surface area contributed by atoms with Gasteiger partial charge in [0.2, 0.25) is 0 Å². The lowest BCUT2D eigenvalue weighted by Crippen LogP contribution is -2.53. The third kappa shape index (κ3) is 3.25. The maximum atomic E-state index is 5.54. The molecular formula is C10H22N2O. The normalized spacial score (nSPS) is 23.5. The second-order valence-electron chi connectivity index (χ2n) is 3.99. The molecule has 2 N–H and O–H groups in total. The summed E-state index contributed by atoms with van der Waals surface area (Å²) >= 11 is 0. The zero-order valence-electron chi connectivity index (χ0n) is 8.83. The average Bonchev–Trinajstić information content (AvgIpc) is 2.01. The molecule has 3 heteroatoms. The number of likely N-dealkylation sites (tertiary alicyclic amines) is 1. The molecule has 0 aromatic heterocycles. The minimum absolute atomic E-state index is 0.664. The second kappa shape index (κ2) is 5.58. The van der Waals surface area contributed by atoms with Crippen molar-refractivity contribution in [2.24, 2.45) is 5.73 Å². The van der Waals surface area contributed by atoms with E-state index >= 15 is 0 Å². The van der Waals surface area contributed by atoms with Crippen molar-refractivity contribution in [3.8, 4) is 0 Å². The van der Waals surface area contributed by atoms with E-state index in [1.54, 1.807) is 0 Å². The number of hydrogen-bond acceptors (Lipinski definition) is 3. The number of hydrogen-bond donors (Lipinski definition) is 1. The van der Waals surface area contributed by atoms with Crippen molar-refractivity contribution in [1.82, 2.24) is 4.90 Å². The molecule has 0 aromatic carbocycles. The fourth-order valence-electron chi connectivity index (χ4n) is 1.72. The summed E-state index contributed by atoms with van der Waals surface area (Å²) in [6, 6.07) is 1.33.